The monoisotopic (exact) mass is 379 g/mol. The van der Waals surface area contributed by atoms with Gasteiger partial charge >= 0.3 is 0 Å². The Hall–Kier alpha value is -1.70. The number of aromatic amines is 1. The van der Waals surface area contributed by atoms with Crippen molar-refractivity contribution >= 4 is 29.4 Å². The van der Waals surface area contributed by atoms with Crippen LogP contribution in [0.3, 0.4) is 0 Å². The van der Waals surface area contributed by atoms with E-state index in [-0.39, 0.29) is 17.9 Å². The van der Waals surface area contributed by atoms with Crippen LogP contribution in [-0.2, 0) is 9.59 Å². The molecule has 2 heterocycles. The van der Waals surface area contributed by atoms with Gasteiger partial charge in [-0.2, -0.15) is 16.9 Å². The molecule has 2 amide bonds. The summed E-state index contributed by atoms with van der Waals surface area (Å²) in [7, 11) is 0. The summed E-state index contributed by atoms with van der Waals surface area (Å²) in [5.74, 6) is 2.32. The van der Waals surface area contributed by atoms with Crippen molar-refractivity contribution in [2.45, 2.75) is 57.0 Å². The molecule has 0 unspecified atom stereocenters. The molecule has 2 aliphatic rings. The molecule has 1 aromatic heterocycles. The van der Waals surface area contributed by atoms with E-state index in [9.17, 15) is 9.59 Å². The third kappa shape index (κ3) is 5.16. The molecule has 1 atom stereocenters. The summed E-state index contributed by atoms with van der Waals surface area (Å²) in [6.07, 6.45) is 6.98. The highest BCUT2D eigenvalue weighted by Crippen LogP contribution is 2.40. The molecular weight excluding hydrogens is 350 g/mol. The Bertz CT molecular complexity index is 623. The third-order valence-electron chi connectivity index (χ3n) is 5.07. The second-order valence-corrected chi connectivity index (χ2v) is 8.25. The fourth-order valence-electron chi connectivity index (χ4n) is 3.40. The normalized spacial score (nSPS) is 19.2. The smallest absolute Gasteiger partial charge is 0.242 e. The van der Waals surface area contributed by atoms with Crippen LogP contribution < -0.4 is 15.5 Å². The van der Waals surface area contributed by atoms with Crippen molar-refractivity contribution in [3.63, 3.8) is 0 Å². The molecule has 0 radical (unpaired) electrons. The second kappa shape index (κ2) is 8.79. The summed E-state index contributed by atoms with van der Waals surface area (Å²) in [6, 6.07) is 1.89. The molecule has 26 heavy (non-hydrogen) atoms. The summed E-state index contributed by atoms with van der Waals surface area (Å²) < 4.78 is 0. The number of hydrogen-bond donors (Lipinski definition) is 3. The first-order chi connectivity index (χ1) is 12.6. The lowest BCUT2D eigenvalue weighted by atomic mass is 10.0. The molecule has 1 aromatic rings. The minimum Gasteiger partial charge on any atom is -0.355 e. The average molecular weight is 380 g/mol. The molecule has 144 valence electrons. The molecule has 3 rings (SSSR count). The van der Waals surface area contributed by atoms with E-state index in [0.717, 1.165) is 37.5 Å². The van der Waals surface area contributed by atoms with Gasteiger partial charge in [-0.15, -0.1) is 0 Å². The maximum Gasteiger partial charge on any atom is 0.242 e. The number of amides is 2. The van der Waals surface area contributed by atoms with E-state index in [4.69, 9.17) is 0 Å². The number of thioether (sulfide) groups is 1. The van der Waals surface area contributed by atoms with Gasteiger partial charge in [0.25, 0.3) is 0 Å². The fraction of sp³-hybridized carbons (Fsp3) is 0.722. The Kier molecular flexibility index (Phi) is 6.45. The Labute approximate surface area is 159 Å². The lowest BCUT2D eigenvalue weighted by Crippen LogP contribution is -2.52. The molecular formula is C18H29N5O2S. The van der Waals surface area contributed by atoms with Crippen LogP contribution in [0, 0.1) is 0 Å². The van der Waals surface area contributed by atoms with Gasteiger partial charge in [0.2, 0.25) is 11.8 Å². The number of piperidine rings is 1. The van der Waals surface area contributed by atoms with Crippen molar-refractivity contribution in [3.8, 4) is 0 Å². The van der Waals surface area contributed by atoms with Gasteiger partial charge in [-0.1, -0.05) is 0 Å². The number of carbonyl (C=O) groups is 2. The molecule has 2 fully saturated rings. The van der Waals surface area contributed by atoms with E-state index in [1.807, 2.05) is 6.26 Å². The van der Waals surface area contributed by atoms with Gasteiger partial charge < -0.3 is 15.5 Å². The first kappa shape index (κ1) is 19.1. The van der Waals surface area contributed by atoms with Crippen LogP contribution in [0.5, 0.6) is 0 Å². The number of anilines is 1. The van der Waals surface area contributed by atoms with Crippen LogP contribution in [-0.4, -0.2) is 59.2 Å². The van der Waals surface area contributed by atoms with Gasteiger partial charge in [0.1, 0.15) is 6.04 Å². The Balaban J connectivity index is 1.47. The minimum atomic E-state index is -0.439. The van der Waals surface area contributed by atoms with E-state index < -0.39 is 6.04 Å². The number of nitrogens with zero attached hydrogens (tertiary/aromatic N) is 2. The molecule has 8 heteroatoms. The maximum absolute atomic E-state index is 12.5. The quantitative estimate of drug-likeness (QED) is 0.639. The largest absolute Gasteiger partial charge is 0.355 e. The van der Waals surface area contributed by atoms with Crippen molar-refractivity contribution in [2.24, 2.45) is 0 Å². The Morgan fingerprint density at radius 2 is 2.08 bits per heavy atom. The van der Waals surface area contributed by atoms with E-state index in [1.54, 1.807) is 11.8 Å². The second-order valence-electron chi connectivity index (χ2n) is 7.26. The zero-order chi connectivity index (χ0) is 18.5. The van der Waals surface area contributed by atoms with Crippen LogP contribution >= 0.6 is 11.8 Å². The van der Waals surface area contributed by atoms with Gasteiger partial charge in [-0.3, -0.25) is 14.7 Å². The van der Waals surface area contributed by atoms with Crippen LogP contribution in [0.15, 0.2) is 6.07 Å². The van der Waals surface area contributed by atoms with Gasteiger partial charge in [0.15, 0.2) is 5.82 Å². The molecule has 7 nitrogen and oxygen atoms in total. The lowest BCUT2D eigenvalue weighted by molar-refractivity contribution is -0.128. The topological polar surface area (TPSA) is 90.1 Å². The van der Waals surface area contributed by atoms with Crippen LogP contribution in [0.2, 0.25) is 0 Å². The zero-order valence-electron chi connectivity index (χ0n) is 15.6. The number of rotatable bonds is 8. The van der Waals surface area contributed by atoms with Gasteiger partial charge in [-0.25, -0.2) is 0 Å². The molecule has 0 aromatic carbocycles. The molecule has 0 spiro atoms. The maximum atomic E-state index is 12.5. The number of hydrogen-bond acceptors (Lipinski definition) is 5. The van der Waals surface area contributed by atoms with Crippen LogP contribution in [0.4, 0.5) is 5.82 Å². The highest BCUT2D eigenvalue weighted by Gasteiger charge is 2.28. The van der Waals surface area contributed by atoms with Crippen molar-refractivity contribution in [3.05, 3.63) is 11.8 Å². The summed E-state index contributed by atoms with van der Waals surface area (Å²) in [5.41, 5.74) is 1.25. The van der Waals surface area contributed by atoms with E-state index in [2.05, 4.69) is 31.8 Å². The molecule has 1 aliphatic heterocycles. The fourth-order valence-corrected chi connectivity index (χ4v) is 3.87. The predicted molar refractivity (Wildman–Crippen MR) is 105 cm³/mol. The minimum absolute atomic E-state index is 0.0662. The first-order valence-electron chi connectivity index (χ1n) is 9.43. The number of carbonyl (C=O) groups excluding carboxylic acids is 2. The first-order valence-corrected chi connectivity index (χ1v) is 10.8. The number of nitrogens with one attached hydrogen (secondary N) is 3. The summed E-state index contributed by atoms with van der Waals surface area (Å²) in [6.45, 7) is 3.22. The zero-order valence-corrected chi connectivity index (χ0v) is 16.4. The highest BCUT2D eigenvalue weighted by molar-refractivity contribution is 7.98. The summed E-state index contributed by atoms with van der Waals surface area (Å²) in [4.78, 5) is 26.2. The van der Waals surface area contributed by atoms with E-state index in [1.165, 1.54) is 25.5 Å². The van der Waals surface area contributed by atoms with Gasteiger partial charge in [0, 0.05) is 43.7 Å². The Morgan fingerprint density at radius 3 is 2.69 bits per heavy atom. The van der Waals surface area contributed by atoms with Crippen LogP contribution in [0.1, 0.15) is 50.6 Å². The molecule has 0 bridgehead atoms. The van der Waals surface area contributed by atoms with Crippen molar-refractivity contribution in [2.75, 3.05) is 30.0 Å². The molecule has 1 aliphatic carbocycles. The van der Waals surface area contributed by atoms with Gasteiger partial charge in [0.05, 0.1) is 0 Å². The molecule has 1 saturated heterocycles. The highest BCUT2D eigenvalue weighted by atomic mass is 32.2. The van der Waals surface area contributed by atoms with Crippen LogP contribution in [0.25, 0.3) is 0 Å². The summed E-state index contributed by atoms with van der Waals surface area (Å²) >= 11 is 1.68. The lowest BCUT2D eigenvalue weighted by Gasteiger charge is -2.33. The van der Waals surface area contributed by atoms with E-state index >= 15 is 0 Å². The van der Waals surface area contributed by atoms with Crippen molar-refractivity contribution in [1.82, 2.24) is 20.8 Å². The van der Waals surface area contributed by atoms with Crippen molar-refractivity contribution in [1.29, 1.82) is 0 Å². The third-order valence-corrected chi connectivity index (χ3v) is 5.72. The standard InChI is InChI=1S/C18H29N5O2S/c1-12(24)19-15(7-10-26-2)18(25)20-14-5-8-23(9-6-14)17-11-16(21-22-17)13-3-4-13/h11,13-15H,3-10H2,1-2H3,(H,19,24)(H,20,25)(H,21,22)/t15-/m0/s1. The molecule has 3 N–H and O–H groups in total. The number of aromatic nitrogens is 2. The molecule has 1 saturated carbocycles. The van der Waals surface area contributed by atoms with Crippen molar-refractivity contribution < 1.29 is 9.59 Å². The Morgan fingerprint density at radius 1 is 1.35 bits per heavy atom. The number of H-pyrrole nitrogens is 1. The SMILES string of the molecule is CSCC[C@H](NC(C)=O)C(=O)NC1CCN(c2cc(C3CC3)[nH]n2)CC1. The van der Waals surface area contributed by atoms with Gasteiger partial charge in [-0.05, 0) is 44.1 Å². The van der Waals surface area contributed by atoms with E-state index in [0.29, 0.717) is 12.3 Å². The summed E-state index contributed by atoms with van der Waals surface area (Å²) in [5, 5.41) is 13.5. The predicted octanol–water partition coefficient (Wildman–Crippen LogP) is 1.63. The average Bonchev–Trinajstić information content (AvgIpc) is 3.36.